The van der Waals surface area contributed by atoms with Crippen LogP contribution in [0, 0.1) is 0 Å². The number of hydrogen-bond donors (Lipinski definition) is 2. The Balaban J connectivity index is 2.21. The maximum atomic E-state index is 11.5. The van der Waals surface area contributed by atoms with Crippen LogP contribution >= 0.6 is 0 Å². The summed E-state index contributed by atoms with van der Waals surface area (Å²) in [6.07, 6.45) is 0.655. The van der Waals surface area contributed by atoms with Crippen molar-refractivity contribution in [1.82, 2.24) is 0 Å². The molecule has 1 aliphatic rings. The molecule has 0 spiro atoms. The van der Waals surface area contributed by atoms with Crippen molar-refractivity contribution in [1.29, 1.82) is 0 Å². The molecule has 1 atom stereocenters. The highest BCUT2D eigenvalue weighted by molar-refractivity contribution is 6.00. The molecule has 2 rings (SSSR count). The van der Waals surface area contributed by atoms with E-state index in [1.807, 2.05) is 18.2 Å². The Bertz CT molecular complexity index is 485. The van der Waals surface area contributed by atoms with E-state index in [-0.39, 0.29) is 12.3 Å². The second-order valence-electron chi connectivity index (χ2n) is 4.24. The van der Waals surface area contributed by atoms with Gasteiger partial charge in [0.2, 0.25) is 5.91 Å². The zero-order valence-corrected chi connectivity index (χ0v) is 9.51. The fourth-order valence-corrected chi connectivity index (χ4v) is 1.99. The number of carboxylic acid groups (broad SMARTS) is 1. The molecule has 17 heavy (non-hydrogen) atoms. The molecular weight excluding hydrogens is 220 g/mol. The topological polar surface area (TPSA) is 83.6 Å². The van der Waals surface area contributed by atoms with E-state index in [1.54, 1.807) is 11.9 Å². The summed E-state index contributed by atoms with van der Waals surface area (Å²) < 4.78 is 0. The molecule has 0 aliphatic carbocycles. The molecule has 5 nitrogen and oxygen atoms in total. The van der Waals surface area contributed by atoms with Gasteiger partial charge in [0.25, 0.3) is 0 Å². The van der Waals surface area contributed by atoms with Gasteiger partial charge in [-0.3, -0.25) is 9.59 Å². The molecule has 1 amide bonds. The highest BCUT2D eigenvalue weighted by Gasteiger charge is 2.24. The lowest BCUT2D eigenvalue weighted by atomic mass is 10.0. The number of anilines is 1. The number of benzene rings is 1. The summed E-state index contributed by atoms with van der Waals surface area (Å²) in [5.74, 6) is -0.960. The van der Waals surface area contributed by atoms with E-state index in [9.17, 15) is 9.59 Å². The van der Waals surface area contributed by atoms with Crippen LogP contribution in [0.5, 0.6) is 0 Å². The molecule has 0 radical (unpaired) electrons. The van der Waals surface area contributed by atoms with Crippen LogP contribution in [0.4, 0.5) is 5.69 Å². The third-order valence-electron chi connectivity index (χ3n) is 2.99. The van der Waals surface area contributed by atoms with Crippen LogP contribution in [0.3, 0.4) is 0 Å². The van der Waals surface area contributed by atoms with Crippen molar-refractivity contribution in [2.75, 3.05) is 11.9 Å². The average molecular weight is 234 g/mol. The summed E-state index contributed by atoms with van der Waals surface area (Å²) in [5.41, 5.74) is 8.15. The molecular formula is C12H14N2O3. The Hall–Kier alpha value is -1.88. The first-order valence-corrected chi connectivity index (χ1v) is 5.36. The number of aliphatic carboxylic acids is 1. The lowest BCUT2D eigenvalue weighted by Gasteiger charge is -2.11. The fourth-order valence-electron chi connectivity index (χ4n) is 1.99. The first kappa shape index (κ1) is 11.6. The number of likely N-dealkylation sites (N-methyl/N-ethyl adjacent to an activating group) is 1. The van der Waals surface area contributed by atoms with Gasteiger partial charge in [0, 0.05) is 12.7 Å². The summed E-state index contributed by atoms with van der Waals surface area (Å²) in [7, 11) is 1.73. The Kier molecular flexibility index (Phi) is 2.85. The third-order valence-corrected chi connectivity index (χ3v) is 2.99. The van der Waals surface area contributed by atoms with Crippen molar-refractivity contribution >= 4 is 17.6 Å². The van der Waals surface area contributed by atoms with Crippen LogP contribution in [0.15, 0.2) is 18.2 Å². The molecule has 1 heterocycles. The Morgan fingerprint density at radius 3 is 2.94 bits per heavy atom. The first-order chi connectivity index (χ1) is 7.99. The van der Waals surface area contributed by atoms with Gasteiger partial charge < -0.3 is 15.7 Å². The van der Waals surface area contributed by atoms with E-state index in [2.05, 4.69) is 0 Å². The Morgan fingerprint density at radius 1 is 1.59 bits per heavy atom. The predicted molar refractivity (Wildman–Crippen MR) is 62.9 cm³/mol. The highest BCUT2D eigenvalue weighted by atomic mass is 16.4. The Labute approximate surface area is 98.8 Å². The lowest BCUT2D eigenvalue weighted by Crippen LogP contribution is -2.32. The summed E-state index contributed by atoms with van der Waals surface area (Å²) in [6, 6.07) is 4.61. The van der Waals surface area contributed by atoms with Crippen molar-refractivity contribution in [3.63, 3.8) is 0 Å². The SMILES string of the molecule is CN1C(=O)Cc2cc(CC(N)C(=O)O)ccc21. The summed E-state index contributed by atoms with van der Waals surface area (Å²) in [6.45, 7) is 0. The zero-order valence-electron chi connectivity index (χ0n) is 9.51. The third kappa shape index (κ3) is 2.14. The standard InChI is InChI=1S/C12H14N2O3/c1-14-10-3-2-7(5-9(13)12(16)17)4-8(10)6-11(14)15/h2-4,9H,5-6,13H2,1H3,(H,16,17). The van der Waals surface area contributed by atoms with Gasteiger partial charge in [-0.15, -0.1) is 0 Å². The number of hydrogen-bond acceptors (Lipinski definition) is 3. The van der Waals surface area contributed by atoms with Crippen LogP contribution in [0.1, 0.15) is 11.1 Å². The molecule has 0 aromatic heterocycles. The fraction of sp³-hybridized carbons (Fsp3) is 0.333. The van der Waals surface area contributed by atoms with Gasteiger partial charge in [-0.25, -0.2) is 0 Å². The molecule has 1 aromatic carbocycles. The van der Waals surface area contributed by atoms with Crippen LogP contribution in [0.25, 0.3) is 0 Å². The van der Waals surface area contributed by atoms with E-state index in [0.29, 0.717) is 6.42 Å². The van der Waals surface area contributed by atoms with Gasteiger partial charge in [-0.1, -0.05) is 12.1 Å². The van der Waals surface area contributed by atoms with Crippen molar-refractivity contribution < 1.29 is 14.7 Å². The molecule has 0 bridgehead atoms. The van der Waals surface area contributed by atoms with Crippen molar-refractivity contribution in [3.05, 3.63) is 29.3 Å². The maximum Gasteiger partial charge on any atom is 0.320 e. The first-order valence-electron chi connectivity index (χ1n) is 5.36. The molecule has 0 saturated carbocycles. The quantitative estimate of drug-likeness (QED) is 0.780. The molecule has 0 fully saturated rings. The molecule has 90 valence electrons. The van der Waals surface area contributed by atoms with Crippen LogP contribution in [0.2, 0.25) is 0 Å². The van der Waals surface area contributed by atoms with Crippen molar-refractivity contribution in [2.45, 2.75) is 18.9 Å². The van der Waals surface area contributed by atoms with Gasteiger partial charge in [-0.2, -0.15) is 0 Å². The van der Waals surface area contributed by atoms with Crippen LogP contribution in [-0.2, 0) is 22.4 Å². The molecule has 1 unspecified atom stereocenters. The normalized spacial score (nSPS) is 15.9. The number of nitrogens with zero attached hydrogens (tertiary/aromatic N) is 1. The molecule has 3 N–H and O–H groups in total. The van der Waals surface area contributed by atoms with Gasteiger partial charge in [0.15, 0.2) is 0 Å². The van der Waals surface area contributed by atoms with E-state index >= 15 is 0 Å². The monoisotopic (exact) mass is 234 g/mol. The van der Waals surface area contributed by atoms with E-state index in [0.717, 1.165) is 16.8 Å². The number of fused-ring (bicyclic) bond motifs is 1. The smallest absolute Gasteiger partial charge is 0.320 e. The van der Waals surface area contributed by atoms with Crippen LogP contribution in [-0.4, -0.2) is 30.1 Å². The minimum absolute atomic E-state index is 0.0553. The van der Waals surface area contributed by atoms with Gasteiger partial charge in [-0.05, 0) is 23.6 Å². The second-order valence-corrected chi connectivity index (χ2v) is 4.24. The minimum Gasteiger partial charge on any atom is -0.480 e. The summed E-state index contributed by atoms with van der Waals surface area (Å²) in [4.78, 5) is 23.7. The van der Waals surface area contributed by atoms with Crippen LogP contribution < -0.4 is 10.6 Å². The second kappa shape index (κ2) is 4.18. The minimum atomic E-state index is -1.02. The van der Waals surface area contributed by atoms with E-state index < -0.39 is 12.0 Å². The number of carbonyl (C=O) groups excluding carboxylic acids is 1. The Morgan fingerprint density at radius 2 is 2.29 bits per heavy atom. The molecule has 5 heteroatoms. The van der Waals surface area contributed by atoms with Crippen molar-refractivity contribution in [3.8, 4) is 0 Å². The van der Waals surface area contributed by atoms with Gasteiger partial charge >= 0.3 is 5.97 Å². The average Bonchev–Trinajstić information content (AvgIpc) is 2.54. The number of amides is 1. The number of nitrogens with two attached hydrogens (primary N) is 1. The largest absolute Gasteiger partial charge is 0.480 e. The molecule has 0 saturated heterocycles. The predicted octanol–water partition coefficient (Wildman–Crippen LogP) is 0.160. The highest BCUT2D eigenvalue weighted by Crippen LogP contribution is 2.28. The maximum absolute atomic E-state index is 11.5. The number of carbonyl (C=O) groups is 2. The van der Waals surface area contributed by atoms with Crippen molar-refractivity contribution in [2.24, 2.45) is 5.73 Å². The molecule has 1 aliphatic heterocycles. The summed E-state index contributed by atoms with van der Waals surface area (Å²) >= 11 is 0. The lowest BCUT2D eigenvalue weighted by molar-refractivity contribution is -0.138. The van der Waals surface area contributed by atoms with E-state index in [4.69, 9.17) is 10.8 Å². The summed E-state index contributed by atoms with van der Waals surface area (Å²) in [5, 5.41) is 8.73. The van der Waals surface area contributed by atoms with Gasteiger partial charge in [0.05, 0.1) is 6.42 Å². The molecule has 1 aromatic rings. The van der Waals surface area contributed by atoms with E-state index in [1.165, 1.54) is 0 Å². The number of carboxylic acids is 1. The zero-order chi connectivity index (χ0) is 12.6. The van der Waals surface area contributed by atoms with Gasteiger partial charge in [0.1, 0.15) is 6.04 Å². The number of rotatable bonds is 3.